The van der Waals surface area contributed by atoms with Gasteiger partial charge in [-0.15, -0.1) is 5.10 Å². The molecule has 0 unspecified atom stereocenters. The maximum absolute atomic E-state index is 4.93. The molecule has 0 amide bonds. The van der Waals surface area contributed by atoms with E-state index in [1.54, 1.807) is 6.33 Å². The Bertz CT molecular complexity index is 1200. The Morgan fingerprint density at radius 3 is 2.26 bits per heavy atom. The summed E-state index contributed by atoms with van der Waals surface area (Å²) in [6, 6.07) is 8.59. The zero-order valence-corrected chi connectivity index (χ0v) is 19.9. The van der Waals surface area contributed by atoms with Gasteiger partial charge < -0.3 is 9.47 Å². The number of rotatable bonds is 6. The largest absolute Gasteiger partial charge is 0.328 e. The van der Waals surface area contributed by atoms with Crippen molar-refractivity contribution >= 4 is 16.7 Å². The van der Waals surface area contributed by atoms with Crippen LogP contribution in [0.5, 0.6) is 0 Å². The smallest absolute Gasteiger partial charge is 0.182 e. The van der Waals surface area contributed by atoms with Gasteiger partial charge >= 0.3 is 0 Å². The molecule has 0 aliphatic rings. The topological polar surface area (TPSA) is 51.2 Å². The molecular weight excluding hydrogens is 384 g/mol. The van der Waals surface area contributed by atoms with Crippen molar-refractivity contribution in [3.05, 3.63) is 47.4 Å². The summed E-state index contributed by atoms with van der Waals surface area (Å²) >= 11 is 0. The Hall–Kier alpha value is -2.73. The molecule has 0 N–H and O–H groups in total. The summed E-state index contributed by atoms with van der Waals surface area (Å²) in [6.45, 7) is 19.5. The Morgan fingerprint density at radius 2 is 1.65 bits per heavy atom. The Labute approximate surface area is 184 Å². The average molecular weight is 419 g/mol. The van der Waals surface area contributed by atoms with Crippen molar-refractivity contribution in [2.45, 2.75) is 60.4 Å². The average Bonchev–Trinajstić information content (AvgIpc) is 3.28. The minimum absolute atomic E-state index is 0.129. The highest BCUT2D eigenvalue weighted by Crippen LogP contribution is 2.29. The quantitative estimate of drug-likeness (QED) is 0.442. The second-order valence-electron chi connectivity index (χ2n) is 9.36. The number of nitrogens with zero attached hydrogens (tertiary/aromatic N) is 6. The van der Waals surface area contributed by atoms with Crippen LogP contribution in [0.25, 0.3) is 28.1 Å². The normalized spacial score (nSPS) is 12.5. The first-order valence-electron chi connectivity index (χ1n) is 11.3. The van der Waals surface area contributed by atoms with E-state index in [0.29, 0.717) is 0 Å². The molecule has 0 saturated heterocycles. The Morgan fingerprint density at radius 1 is 0.968 bits per heavy atom. The zero-order valence-electron chi connectivity index (χ0n) is 19.9. The number of aromatic nitrogens is 5. The van der Waals surface area contributed by atoms with Gasteiger partial charge in [0.1, 0.15) is 12.0 Å². The lowest BCUT2D eigenvalue weighted by Gasteiger charge is -2.19. The molecule has 0 fully saturated rings. The van der Waals surface area contributed by atoms with Crippen LogP contribution in [0.15, 0.2) is 30.6 Å². The minimum atomic E-state index is 0.129. The molecule has 1 aromatic carbocycles. The van der Waals surface area contributed by atoms with E-state index in [1.807, 2.05) is 4.52 Å². The van der Waals surface area contributed by atoms with Crippen LogP contribution in [0.2, 0.25) is 0 Å². The standard InChI is InChI=1S/C25H34N6/c1-8-29(9-2)14-15-30-18(4)17(3)21-23(30)26-16-31-24(21)27-22(28-31)19-10-12-20(13-11-19)25(5,6)7/h10-13,16H,8-9,14-15H2,1-7H3. The zero-order chi connectivity index (χ0) is 22.3. The fraction of sp³-hybridized carbons (Fsp3) is 0.480. The molecule has 0 atom stereocenters. The van der Waals surface area contributed by atoms with Crippen molar-refractivity contribution in [2.75, 3.05) is 19.6 Å². The fourth-order valence-corrected chi connectivity index (χ4v) is 4.23. The van der Waals surface area contributed by atoms with Crippen LogP contribution in [-0.2, 0) is 12.0 Å². The summed E-state index contributed by atoms with van der Waals surface area (Å²) in [5.74, 6) is 0.739. The van der Waals surface area contributed by atoms with Crippen molar-refractivity contribution < 1.29 is 0 Å². The maximum atomic E-state index is 4.93. The lowest BCUT2D eigenvalue weighted by Crippen LogP contribution is -2.27. The van der Waals surface area contributed by atoms with Crippen LogP contribution < -0.4 is 0 Å². The molecule has 0 spiro atoms. The van der Waals surface area contributed by atoms with Gasteiger partial charge in [-0.3, -0.25) is 0 Å². The Balaban J connectivity index is 1.76. The van der Waals surface area contributed by atoms with Crippen molar-refractivity contribution in [3.8, 4) is 11.4 Å². The van der Waals surface area contributed by atoms with E-state index in [4.69, 9.17) is 15.1 Å². The van der Waals surface area contributed by atoms with Crippen LogP contribution >= 0.6 is 0 Å². The van der Waals surface area contributed by atoms with Crippen LogP contribution in [0.4, 0.5) is 0 Å². The molecule has 6 heteroatoms. The van der Waals surface area contributed by atoms with Crippen LogP contribution in [0.1, 0.15) is 51.4 Å². The first-order valence-corrected chi connectivity index (χ1v) is 11.3. The van der Waals surface area contributed by atoms with E-state index in [1.165, 1.54) is 16.8 Å². The fourth-order valence-electron chi connectivity index (χ4n) is 4.23. The van der Waals surface area contributed by atoms with Gasteiger partial charge in [-0.25, -0.2) is 14.5 Å². The lowest BCUT2D eigenvalue weighted by atomic mass is 9.87. The highest BCUT2D eigenvalue weighted by Gasteiger charge is 2.19. The number of aryl methyl sites for hydroxylation is 1. The van der Waals surface area contributed by atoms with Gasteiger partial charge in [-0.05, 0) is 43.5 Å². The van der Waals surface area contributed by atoms with E-state index in [0.717, 1.165) is 54.2 Å². The first kappa shape index (κ1) is 21.5. The van der Waals surface area contributed by atoms with Crippen LogP contribution in [0.3, 0.4) is 0 Å². The van der Waals surface area contributed by atoms with E-state index >= 15 is 0 Å². The van der Waals surface area contributed by atoms with Crippen molar-refractivity contribution in [3.63, 3.8) is 0 Å². The summed E-state index contributed by atoms with van der Waals surface area (Å²) in [5.41, 5.74) is 6.82. The van der Waals surface area contributed by atoms with Gasteiger partial charge in [0.25, 0.3) is 0 Å². The highest BCUT2D eigenvalue weighted by molar-refractivity contribution is 5.94. The monoisotopic (exact) mass is 418 g/mol. The predicted octanol–water partition coefficient (Wildman–Crippen LogP) is 5.00. The molecule has 31 heavy (non-hydrogen) atoms. The molecular formula is C25H34N6. The van der Waals surface area contributed by atoms with Gasteiger partial charge in [-0.2, -0.15) is 0 Å². The minimum Gasteiger partial charge on any atom is -0.328 e. The summed E-state index contributed by atoms with van der Waals surface area (Å²) in [5, 5.41) is 5.83. The molecule has 4 rings (SSSR count). The summed E-state index contributed by atoms with van der Waals surface area (Å²) in [6.07, 6.45) is 1.80. The molecule has 0 aliphatic heterocycles. The molecule has 0 saturated carbocycles. The van der Waals surface area contributed by atoms with Gasteiger partial charge in [0, 0.05) is 24.3 Å². The summed E-state index contributed by atoms with van der Waals surface area (Å²) in [4.78, 5) is 12.2. The second-order valence-corrected chi connectivity index (χ2v) is 9.36. The molecule has 3 aromatic heterocycles. The third kappa shape index (κ3) is 3.85. The predicted molar refractivity (Wildman–Crippen MR) is 128 cm³/mol. The van der Waals surface area contributed by atoms with E-state index in [-0.39, 0.29) is 5.41 Å². The third-order valence-electron chi connectivity index (χ3n) is 6.49. The van der Waals surface area contributed by atoms with E-state index in [2.05, 4.69) is 82.2 Å². The number of likely N-dealkylation sites (N-methyl/N-ethyl adjacent to an activating group) is 1. The van der Waals surface area contributed by atoms with E-state index < -0.39 is 0 Å². The maximum Gasteiger partial charge on any atom is 0.182 e. The van der Waals surface area contributed by atoms with Gasteiger partial charge in [-0.1, -0.05) is 58.9 Å². The van der Waals surface area contributed by atoms with Gasteiger partial charge in [0.2, 0.25) is 0 Å². The molecule has 0 aliphatic carbocycles. The number of benzene rings is 1. The Kier molecular flexibility index (Phi) is 5.60. The molecule has 4 aromatic rings. The van der Waals surface area contributed by atoms with Crippen LogP contribution in [0, 0.1) is 13.8 Å². The third-order valence-corrected chi connectivity index (χ3v) is 6.49. The number of fused-ring (bicyclic) bond motifs is 3. The van der Waals surface area contributed by atoms with Crippen LogP contribution in [-0.4, -0.2) is 48.7 Å². The van der Waals surface area contributed by atoms with Gasteiger partial charge in [0.15, 0.2) is 11.5 Å². The summed E-state index contributed by atoms with van der Waals surface area (Å²) < 4.78 is 4.14. The lowest BCUT2D eigenvalue weighted by molar-refractivity contribution is 0.291. The van der Waals surface area contributed by atoms with Crippen molar-refractivity contribution in [1.29, 1.82) is 0 Å². The molecule has 0 radical (unpaired) electrons. The highest BCUT2D eigenvalue weighted by atomic mass is 15.3. The molecule has 3 heterocycles. The SMILES string of the molecule is CCN(CC)CCn1c(C)c(C)c2c1ncn1nc(-c3ccc(C(C)(C)C)cc3)nc21. The first-order chi connectivity index (χ1) is 14.7. The molecule has 164 valence electrons. The van der Waals surface area contributed by atoms with Gasteiger partial charge in [0.05, 0.1) is 5.39 Å². The molecule has 6 nitrogen and oxygen atoms in total. The van der Waals surface area contributed by atoms with E-state index in [9.17, 15) is 0 Å². The molecule has 0 bridgehead atoms. The summed E-state index contributed by atoms with van der Waals surface area (Å²) in [7, 11) is 0. The number of hydrogen-bond donors (Lipinski definition) is 0. The van der Waals surface area contributed by atoms with Crippen molar-refractivity contribution in [1.82, 2.24) is 29.0 Å². The van der Waals surface area contributed by atoms with Crippen molar-refractivity contribution in [2.24, 2.45) is 0 Å². The second kappa shape index (κ2) is 8.08. The number of hydrogen-bond acceptors (Lipinski definition) is 4.